The summed E-state index contributed by atoms with van der Waals surface area (Å²) in [5, 5.41) is 15.1. The van der Waals surface area contributed by atoms with Gasteiger partial charge in [0.1, 0.15) is 6.07 Å². The first kappa shape index (κ1) is 22.4. The molecule has 0 radical (unpaired) electrons. The van der Waals surface area contributed by atoms with Gasteiger partial charge < -0.3 is 9.13 Å². The number of rotatable bonds is 3. The van der Waals surface area contributed by atoms with Crippen LogP contribution in [0.3, 0.4) is 0 Å². The van der Waals surface area contributed by atoms with E-state index in [-0.39, 0.29) is 0 Å². The first-order chi connectivity index (χ1) is 19.8. The molecule has 2 heterocycles. The van der Waals surface area contributed by atoms with Crippen molar-refractivity contribution in [2.75, 3.05) is 0 Å². The normalized spacial score (nSPS) is 11.5. The second kappa shape index (κ2) is 8.73. The van der Waals surface area contributed by atoms with E-state index in [1.54, 1.807) is 0 Å². The lowest BCUT2D eigenvalue weighted by Crippen LogP contribution is -1.95. The summed E-state index contributed by atoms with van der Waals surface area (Å²) in [6.45, 7) is 0. The maximum Gasteiger partial charge on any atom is 0.101 e. The van der Waals surface area contributed by atoms with Crippen LogP contribution in [-0.4, -0.2) is 9.13 Å². The van der Waals surface area contributed by atoms with E-state index in [4.69, 9.17) is 0 Å². The number of fused-ring (bicyclic) bond motifs is 6. The van der Waals surface area contributed by atoms with Gasteiger partial charge >= 0.3 is 0 Å². The van der Waals surface area contributed by atoms with E-state index in [1.807, 2.05) is 24.3 Å². The summed E-state index contributed by atoms with van der Waals surface area (Å²) in [7, 11) is 0. The fourth-order valence-electron chi connectivity index (χ4n) is 6.30. The molecule has 0 spiro atoms. The van der Waals surface area contributed by atoms with Crippen LogP contribution in [0, 0.1) is 11.3 Å². The zero-order valence-corrected chi connectivity index (χ0v) is 21.6. The SMILES string of the molecule is N#Cc1cc(-c2cccc3c2c2ccccc2n3-c2ccccc2)cc2c3ccccc3n(-c3ccccc3)c12. The number of aromatic nitrogens is 2. The van der Waals surface area contributed by atoms with Gasteiger partial charge in [-0.15, -0.1) is 0 Å². The molecule has 8 aromatic rings. The summed E-state index contributed by atoms with van der Waals surface area (Å²) in [6.07, 6.45) is 0. The molecule has 3 heteroatoms. The molecular formula is C37H23N3. The molecule has 0 saturated heterocycles. The highest BCUT2D eigenvalue weighted by atomic mass is 15.0. The lowest BCUT2D eigenvalue weighted by Gasteiger charge is -2.11. The Balaban J connectivity index is 1.49. The molecule has 2 aromatic heterocycles. The summed E-state index contributed by atoms with van der Waals surface area (Å²) in [6, 6.07) is 51.2. The minimum absolute atomic E-state index is 0.663. The van der Waals surface area contributed by atoms with Crippen molar-refractivity contribution in [3.8, 4) is 28.6 Å². The first-order valence-electron chi connectivity index (χ1n) is 13.4. The average molecular weight is 510 g/mol. The zero-order chi connectivity index (χ0) is 26.6. The number of hydrogen-bond donors (Lipinski definition) is 0. The molecule has 0 atom stereocenters. The summed E-state index contributed by atoms with van der Waals surface area (Å²) >= 11 is 0. The summed E-state index contributed by atoms with van der Waals surface area (Å²) < 4.78 is 4.55. The molecule has 3 nitrogen and oxygen atoms in total. The predicted octanol–water partition coefficient (Wildman–Crippen LogP) is 9.42. The molecule has 0 N–H and O–H groups in total. The van der Waals surface area contributed by atoms with Gasteiger partial charge in [-0.25, -0.2) is 0 Å². The Kier molecular flexibility index (Phi) is 4.89. The second-order valence-electron chi connectivity index (χ2n) is 10.1. The van der Waals surface area contributed by atoms with E-state index < -0.39 is 0 Å². The molecule has 0 bridgehead atoms. The van der Waals surface area contributed by atoms with Gasteiger partial charge in [-0.2, -0.15) is 5.26 Å². The van der Waals surface area contributed by atoms with Crippen molar-refractivity contribution in [2.24, 2.45) is 0 Å². The van der Waals surface area contributed by atoms with Gasteiger partial charge in [0.25, 0.3) is 0 Å². The van der Waals surface area contributed by atoms with Gasteiger partial charge in [-0.05, 0) is 65.7 Å². The van der Waals surface area contributed by atoms with Crippen molar-refractivity contribution >= 4 is 43.6 Å². The maximum absolute atomic E-state index is 10.5. The minimum Gasteiger partial charge on any atom is -0.309 e. The smallest absolute Gasteiger partial charge is 0.101 e. The van der Waals surface area contributed by atoms with Crippen LogP contribution in [0.5, 0.6) is 0 Å². The highest BCUT2D eigenvalue weighted by Gasteiger charge is 2.20. The van der Waals surface area contributed by atoms with Gasteiger partial charge in [0.05, 0.1) is 27.6 Å². The maximum atomic E-state index is 10.5. The van der Waals surface area contributed by atoms with Gasteiger partial charge in [0, 0.05) is 32.9 Å². The average Bonchev–Trinajstić information content (AvgIpc) is 3.55. The Hall–Kier alpha value is -5.59. The van der Waals surface area contributed by atoms with Crippen LogP contribution in [0.4, 0.5) is 0 Å². The minimum atomic E-state index is 0.663. The van der Waals surface area contributed by atoms with Crippen LogP contribution < -0.4 is 0 Å². The van der Waals surface area contributed by atoms with E-state index in [1.165, 1.54) is 16.3 Å². The van der Waals surface area contributed by atoms with Crippen LogP contribution >= 0.6 is 0 Å². The summed E-state index contributed by atoms with van der Waals surface area (Å²) in [4.78, 5) is 0. The van der Waals surface area contributed by atoms with Crippen molar-refractivity contribution in [1.82, 2.24) is 9.13 Å². The van der Waals surface area contributed by atoms with Crippen LogP contribution in [0.15, 0.2) is 140 Å². The molecule has 0 unspecified atom stereocenters. The molecule has 186 valence electrons. The molecule has 0 fully saturated rings. The van der Waals surface area contributed by atoms with Crippen LogP contribution in [0.25, 0.3) is 66.1 Å². The molecule has 0 aliphatic rings. The Bertz CT molecular complexity index is 2260. The molecule has 0 saturated carbocycles. The lowest BCUT2D eigenvalue weighted by molar-refractivity contribution is 1.18. The van der Waals surface area contributed by atoms with E-state index in [0.717, 1.165) is 49.8 Å². The van der Waals surface area contributed by atoms with Crippen molar-refractivity contribution in [3.05, 3.63) is 145 Å². The molecular weight excluding hydrogens is 486 g/mol. The number of nitrogens with zero attached hydrogens (tertiary/aromatic N) is 3. The van der Waals surface area contributed by atoms with Crippen LogP contribution in [-0.2, 0) is 0 Å². The van der Waals surface area contributed by atoms with Crippen molar-refractivity contribution in [2.45, 2.75) is 0 Å². The summed E-state index contributed by atoms with van der Waals surface area (Å²) in [5.74, 6) is 0. The molecule has 6 aromatic carbocycles. The monoisotopic (exact) mass is 509 g/mol. The highest BCUT2D eigenvalue weighted by Crippen LogP contribution is 2.42. The van der Waals surface area contributed by atoms with Gasteiger partial charge in [-0.1, -0.05) is 84.9 Å². The van der Waals surface area contributed by atoms with E-state index >= 15 is 0 Å². The fraction of sp³-hybridized carbons (Fsp3) is 0. The molecule has 0 aliphatic carbocycles. The topological polar surface area (TPSA) is 33.6 Å². The zero-order valence-electron chi connectivity index (χ0n) is 21.6. The highest BCUT2D eigenvalue weighted by molar-refractivity contribution is 6.18. The molecule has 8 rings (SSSR count). The Morgan fingerprint density at radius 3 is 1.75 bits per heavy atom. The molecule has 40 heavy (non-hydrogen) atoms. The van der Waals surface area contributed by atoms with Crippen LogP contribution in [0.1, 0.15) is 5.56 Å². The van der Waals surface area contributed by atoms with Crippen molar-refractivity contribution in [1.29, 1.82) is 5.26 Å². The number of nitriles is 1. The largest absolute Gasteiger partial charge is 0.309 e. The Morgan fingerprint density at radius 2 is 1.05 bits per heavy atom. The quantitative estimate of drug-likeness (QED) is 0.233. The number of benzene rings is 6. The van der Waals surface area contributed by atoms with E-state index in [2.05, 4.69) is 130 Å². The van der Waals surface area contributed by atoms with Gasteiger partial charge in [0.2, 0.25) is 0 Å². The predicted molar refractivity (Wildman–Crippen MR) is 165 cm³/mol. The van der Waals surface area contributed by atoms with E-state index in [0.29, 0.717) is 5.56 Å². The van der Waals surface area contributed by atoms with Crippen LogP contribution in [0.2, 0.25) is 0 Å². The second-order valence-corrected chi connectivity index (χ2v) is 10.1. The third-order valence-electron chi connectivity index (χ3n) is 7.93. The molecule has 0 aliphatic heterocycles. The van der Waals surface area contributed by atoms with Gasteiger partial charge in [0.15, 0.2) is 0 Å². The Labute approximate surface area is 231 Å². The Morgan fingerprint density at radius 1 is 0.475 bits per heavy atom. The van der Waals surface area contributed by atoms with Gasteiger partial charge in [-0.3, -0.25) is 0 Å². The molecule has 0 amide bonds. The summed E-state index contributed by atoms with van der Waals surface area (Å²) in [5.41, 5.74) is 9.36. The lowest BCUT2D eigenvalue weighted by atomic mass is 9.96. The third-order valence-corrected chi connectivity index (χ3v) is 7.93. The van der Waals surface area contributed by atoms with E-state index in [9.17, 15) is 5.26 Å². The fourth-order valence-corrected chi connectivity index (χ4v) is 6.30. The first-order valence-corrected chi connectivity index (χ1v) is 13.4. The third kappa shape index (κ3) is 3.17. The number of hydrogen-bond acceptors (Lipinski definition) is 1. The number of para-hydroxylation sites is 4. The van der Waals surface area contributed by atoms with Crippen molar-refractivity contribution in [3.63, 3.8) is 0 Å². The standard InChI is InChI=1S/C37H23N3/c38-24-26-22-25(23-32-30-16-7-9-19-33(30)40(37(26)32)28-14-5-2-6-15-28)29-18-11-21-35-36(29)31-17-8-10-20-34(31)39(35)27-12-3-1-4-13-27/h1-23H. The van der Waals surface area contributed by atoms with Crippen molar-refractivity contribution < 1.29 is 0 Å².